The molecule has 1 aliphatic heterocycles. The molecule has 1 aliphatic rings. The van der Waals surface area contributed by atoms with Crippen LogP contribution in [0.1, 0.15) is 19.8 Å². The van der Waals surface area contributed by atoms with Crippen molar-refractivity contribution < 1.29 is 5.11 Å². The number of nitrogens with zero attached hydrogens (tertiary/aromatic N) is 4. The lowest BCUT2D eigenvalue weighted by Crippen LogP contribution is -2.32. The van der Waals surface area contributed by atoms with Crippen molar-refractivity contribution >= 4 is 29.6 Å². The number of thioether (sulfide) groups is 1. The highest BCUT2D eigenvalue weighted by Gasteiger charge is 2.19. The van der Waals surface area contributed by atoms with Gasteiger partial charge in [0.1, 0.15) is 0 Å². The van der Waals surface area contributed by atoms with Crippen LogP contribution in [-0.4, -0.2) is 57.3 Å². The standard InChI is InChI=1S/C12H22N6OS/c1-8(9(7-19)20-2)14-11-15-10(13)16-12(17-11)18-5-3-4-6-18/h8-9,19H,3-7H2,1-2H3,(H3,13,14,15,16,17). The molecule has 1 aromatic rings. The van der Waals surface area contributed by atoms with Gasteiger partial charge in [-0.1, -0.05) is 0 Å². The Labute approximate surface area is 123 Å². The maximum absolute atomic E-state index is 9.31. The van der Waals surface area contributed by atoms with E-state index in [1.165, 1.54) is 0 Å². The average Bonchev–Trinajstić information content (AvgIpc) is 2.93. The van der Waals surface area contributed by atoms with E-state index in [4.69, 9.17) is 5.73 Å². The molecule has 2 unspecified atom stereocenters. The van der Waals surface area contributed by atoms with Crippen molar-refractivity contribution in [3.63, 3.8) is 0 Å². The summed E-state index contributed by atoms with van der Waals surface area (Å²) in [5, 5.41) is 12.6. The Balaban J connectivity index is 2.11. The zero-order chi connectivity index (χ0) is 14.5. The number of hydrogen-bond donors (Lipinski definition) is 3. The Morgan fingerprint density at radius 2 is 2.05 bits per heavy atom. The molecule has 0 radical (unpaired) electrons. The number of anilines is 3. The molecule has 0 amide bonds. The molecule has 2 atom stereocenters. The van der Waals surface area contributed by atoms with Crippen molar-refractivity contribution in [2.75, 3.05) is 41.9 Å². The number of aliphatic hydroxyl groups excluding tert-OH is 1. The topological polar surface area (TPSA) is 100 Å². The van der Waals surface area contributed by atoms with E-state index in [9.17, 15) is 5.11 Å². The second kappa shape index (κ2) is 6.94. The summed E-state index contributed by atoms with van der Waals surface area (Å²) in [6.45, 7) is 4.02. The SMILES string of the molecule is CSC(CO)C(C)Nc1nc(N)nc(N2CCCC2)n1. The van der Waals surface area contributed by atoms with Crippen LogP contribution < -0.4 is 16.0 Å². The number of rotatable bonds is 6. The van der Waals surface area contributed by atoms with Crippen molar-refractivity contribution in [2.24, 2.45) is 0 Å². The summed E-state index contributed by atoms with van der Waals surface area (Å²) in [4.78, 5) is 14.9. The molecule has 0 bridgehead atoms. The number of nitrogen functional groups attached to an aromatic ring is 1. The molecule has 1 aromatic heterocycles. The molecule has 1 fully saturated rings. The molecule has 0 spiro atoms. The number of hydrogen-bond acceptors (Lipinski definition) is 8. The maximum Gasteiger partial charge on any atom is 0.231 e. The average molecular weight is 298 g/mol. The van der Waals surface area contributed by atoms with Crippen LogP contribution in [-0.2, 0) is 0 Å². The third-order valence-electron chi connectivity index (χ3n) is 3.43. The third kappa shape index (κ3) is 3.63. The van der Waals surface area contributed by atoms with Gasteiger partial charge in [-0.2, -0.15) is 26.7 Å². The van der Waals surface area contributed by atoms with Crippen LogP contribution in [0.25, 0.3) is 0 Å². The first-order valence-corrected chi connectivity index (χ1v) is 8.09. The van der Waals surface area contributed by atoms with E-state index in [1.54, 1.807) is 11.8 Å². The molecule has 8 heteroatoms. The van der Waals surface area contributed by atoms with Crippen molar-refractivity contribution in [3.8, 4) is 0 Å². The predicted molar refractivity (Wildman–Crippen MR) is 83.2 cm³/mol. The van der Waals surface area contributed by atoms with Crippen molar-refractivity contribution in [3.05, 3.63) is 0 Å². The minimum absolute atomic E-state index is 0.0447. The van der Waals surface area contributed by atoms with Crippen LogP contribution >= 0.6 is 11.8 Å². The van der Waals surface area contributed by atoms with E-state index in [1.807, 2.05) is 13.2 Å². The van der Waals surface area contributed by atoms with E-state index in [0.29, 0.717) is 11.9 Å². The number of aliphatic hydroxyl groups is 1. The van der Waals surface area contributed by atoms with Gasteiger partial charge in [0.05, 0.1) is 6.61 Å². The van der Waals surface area contributed by atoms with Crippen LogP contribution in [0.5, 0.6) is 0 Å². The molecule has 4 N–H and O–H groups in total. The van der Waals surface area contributed by atoms with Crippen LogP contribution in [0.4, 0.5) is 17.8 Å². The Bertz CT molecular complexity index is 436. The summed E-state index contributed by atoms with van der Waals surface area (Å²) in [7, 11) is 0. The fraction of sp³-hybridized carbons (Fsp3) is 0.750. The Morgan fingerprint density at radius 1 is 1.35 bits per heavy atom. The fourth-order valence-electron chi connectivity index (χ4n) is 2.24. The fourth-order valence-corrected chi connectivity index (χ4v) is 2.86. The van der Waals surface area contributed by atoms with Gasteiger partial charge in [-0.15, -0.1) is 0 Å². The second-order valence-electron chi connectivity index (χ2n) is 4.90. The van der Waals surface area contributed by atoms with E-state index < -0.39 is 0 Å². The quantitative estimate of drug-likeness (QED) is 0.701. The van der Waals surface area contributed by atoms with Crippen LogP contribution in [0.2, 0.25) is 0 Å². The molecule has 2 rings (SSSR count). The van der Waals surface area contributed by atoms with Gasteiger partial charge in [0.25, 0.3) is 0 Å². The molecular weight excluding hydrogens is 276 g/mol. The molecule has 0 aromatic carbocycles. The van der Waals surface area contributed by atoms with Crippen molar-refractivity contribution in [1.82, 2.24) is 15.0 Å². The third-order valence-corrected chi connectivity index (χ3v) is 4.59. The van der Waals surface area contributed by atoms with Gasteiger partial charge in [-0.3, -0.25) is 0 Å². The van der Waals surface area contributed by atoms with Gasteiger partial charge in [0.15, 0.2) is 0 Å². The first-order chi connectivity index (χ1) is 9.63. The maximum atomic E-state index is 9.31. The van der Waals surface area contributed by atoms with Gasteiger partial charge in [0.2, 0.25) is 17.8 Å². The lowest BCUT2D eigenvalue weighted by atomic mass is 10.2. The lowest BCUT2D eigenvalue weighted by molar-refractivity contribution is 0.288. The van der Waals surface area contributed by atoms with Crippen LogP contribution in [0, 0.1) is 0 Å². The summed E-state index contributed by atoms with van der Waals surface area (Å²) in [6.07, 6.45) is 4.28. The van der Waals surface area contributed by atoms with Gasteiger partial charge in [-0.25, -0.2) is 0 Å². The number of nitrogens with one attached hydrogen (secondary N) is 1. The minimum Gasteiger partial charge on any atom is -0.395 e. The Morgan fingerprint density at radius 3 is 2.65 bits per heavy atom. The summed E-state index contributed by atoms with van der Waals surface area (Å²) in [6, 6.07) is 0.0447. The zero-order valence-corrected chi connectivity index (χ0v) is 12.7. The first kappa shape index (κ1) is 15.1. The van der Waals surface area contributed by atoms with Crippen molar-refractivity contribution in [1.29, 1.82) is 0 Å². The smallest absolute Gasteiger partial charge is 0.231 e. The second-order valence-corrected chi connectivity index (χ2v) is 5.98. The Kier molecular flexibility index (Phi) is 5.24. The summed E-state index contributed by atoms with van der Waals surface area (Å²) >= 11 is 1.61. The van der Waals surface area contributed by atoms with Gasteiger partial charge in [0, 0.05) is 24.4 Å². The zero-order valence-electron chi connectivity index (χ0n) is 11.9. The largest absolute Gasteiger partial charge is 0.395 e. The highest BCUT2D eigenvalue weighted by atomic mass is 32.2. The van der Waals surface area contributed by atoms with E-state index >= 15 is 0 Å². The molecular formula is C12H22N6OS. The van der Waals surface area contributed by atoms with Crippen molar-refractivity contribution in [2.45, 2.75) is 31.1 Å². The van der Waals surface area contributed by atoms with Gasteiger partial charge < -0.3 is 21.1 Å². The molecule has 0 saturated carbocycles. The normalized spacial score (nSPS) is 18.1. The monoisotopic (exact) mass is 298 g/mol. The molecule has 0 aliphatic carbocycles. The van der Waals surface area contributed by atoms with Gasteiger partial charge in [-0.05, 0) is 26.0 Å². The first-order valence-electron chi connectivity index (χ1n) is 6.80. The molecule has 7 nitrogen and oxygen atoms in total. The predicted octanol–water partition coefficient (Wildman–Crippen LogP) is 0.578. The lowest BCUT2D eigenvalue weighted by Gasteiger charge is -2.22. The molecule has 112 valence electrons. The minimum atomic E-state index is 0.0447. The van der Waals surface area contributed by atoms with E-state index in [2.05, 4.69) is 25.2 Å². The van der Waals surface area contributed by atoms with E-state index in [-0.39, 0.29) is 23.8 Å². The summed E-state index contributed by atoms with van der Waals surface area (Å²) < 4.78 is 0. The Hall–Kier alpha value is -1.28. The molecule has 2 heterocycles. The highest BCUT2D eigenvalue weighted by molar-refractivity contribution is 7.99. The molecule has 20 heavy (non-hydrogen) atoms. The van der Waals surface area contributed by atoms with E-state index in [0.717, 1.165) is 25.9 Å². The summed E-state index contributed by atoms with van der Waals surface area (Å²) in [5.41, 5.74) is 5.76. The highest BCUT2D eigenvalue weighted by Crippen LogP contribution is 2.19. The number of aromatic nitrogens is 3. The molecule has 1 saturated heterocycles. The number of nitrogens with two attached hydrogens (primary N) is 1. The van der Waals surface area contributed by atoms with Crippen LogP contribution in [0.3, 0.4) is 0 Å². The van der Waals surface area contributed by atoms with Gasteiger partial charge >= 0.3 is 0 Å². The van der Waals surface area contributed by atoms with Crippen LogP contribution in [0.15, 0.2) is 0 Å². The summed E-state index contributed by atoms with van der Waals surface area (Å²) in [5.74, 6) is 1.33.